The molecule has 5 nitrogen and oxygen atoms in total. The molecule has 0 N–H and O–H groups in total. The fraction of sp³-hybridized carbons (Fsp3) is 0.792. The van der Waals surface area contributed by atoms with Crippen LogP contribution in [0.4, 0.5) is 0 Å². The van der Waals surface area contributed by atoms with E-state index < -0.39 is 0 Å². The van der Waals surface area contributed by atoms with Gasteiger partial charge in [-0.15, -0.1) is 0 Å². The zero-order valence-electron chi connectivity index (χ0n) is 18.1. The summed E-state index contributed by atoms with van der Waals surface area (Å²) < 4.78 is 11.2. The minimum absolute atomic E-state index is 0.000201. The molecule has 3 saturated carbocycles. The summed E-state index contributed by atoms with van der Waals surface area (Å²) in [6.07, 6.45) is 9.86. The van der Waals surface area contributed by atoms with E-state index in [2.05, 4.69) is 19.9 Å². The Morgan fingerprint density at radius 3 is 2.48 bits per heavy atom. The lowest BCUT2D eigenvalue weighted by Crippen LogP contribution is -2.52. The highest BCUT2D eigenvalue weighted by Crippen LogP contribution is 2.66. The van der Waals surface area contributed by atoms with E-state index in [1.807, 2.05) is 0 Å². The monoisotopic (exact) mass is 402 g/mol. The maximum Gasteiger partial charge on any atom is 0.302 e. The van der Waals surface area contributed by atoms with Crippen LogP contribution in [0.3, 0.4) is 0 Å². The number of fused-ring (bicyclic) bond motifs is 5. The molecule has 0 radical (unpaired) electrons. The quantitative estimate of drug-likeness (QED) is 0.401. The molecule has 0 bridgehead atoms. The Bertz CT molecular complexity index is 742. The van der Waals surface area contributed by atoms with E-state index in [-0.39, 0.29) is 46.8 Å². The van der Waals surface area contributed by atoms with Crippen LogP contribution in [0.15, 0.2) is 11.6 Å². The second-order valence-electron chi connectivity index (χ2n) is 10.3. The molecule has 3 unspecified atom stereocenters. The van der Waals surface area contributed by atoms with Crippen molar-refractivity contribution >= 4 is 18.2 Å². The van der Waals surface area contributed by atoms with E-state index in [9.17, 15) is 14.4 Å². The van der Waals surface area contributed by atoms with Gasteiger partial charge in [0, 0.05) is 31.6 Å². The van der Waals surface area contributed by atoms with Gasteiger partial charge in [0.15, 0.2) is 0 Å². The lowest BCUT2D eigenvalue weighted by molar-refractivity contribution is -0.157. The molecule has 0 amide bonds. The molecule has 0 aromatic rings. The van der Waals surface area contributed by atoms with Gasteiger partial charge in [-0.2, -0.15) is 0 Å². The average Bonchev–Trinajstić information content (AvgIpc) is 2.93. The standard InChI is InChI=1S/C24H34O5/c1-14(26)28-18-7-9-23(3)17(12-18)5-6-19-20(23)8-10-24(4)21(29-15(2)27)11-16(13-25)22(19)24/h5,13,16,18-22H,6-12H2,1-4H3/t16?,18?,19-,20-,21?,22+,23+,24-/m1/s1. The summed E-state index contributed by atoms with van der Waals surface area (Å²) in [4.78, 5) is 35.1. The van der Waals surface area contributed by atoms with E-state index in [1.165, 1.54) is 19.4 Å². The number of carbonyl (C=O) groups is 3. The van der Waals surface area contributed by atoms with Gasteiger partial charge in [0.05, 0.1) is 0 Å². The number of carbonyl (C=O) groups excluding carboxylic acids is 3. The van der Waals surface area contributed by atoms with Gasteiger partial charge in [0.25, 0.3) is 0 Å². The smallest absolute Gasteiger partial charge is 0.302 e. The third kappa shape index (κ3) is 3.25. The summed E-state index contributed by atoms with van der Waals surface area (Å²) in [5.41, 5.74) is 1.44. The predicted molar refractivity (Wildman–Crippen MR) is 108 cm³/mol. The Labute approximate surface area is 173 Å². The van der Waals surface area contributed by atoms with E-state index in [0.717, 1.165) is 44.8 Å². The van der Waals surface area contributed by atoms with Crippen LogP contribution in [0.2, 0.25) is 0 Å². The maximum absolute atomic E-state index is 12.0. The zero-order valence-corrected chi connectivity index (χ0v) is 18.1. The van der Waals surface area contributed by atoms with Crippen LogP contribution in [0.1, 0.15) is 72.6 Å². The Morgan fingerprint density at radius 1 is 1.10 bits per heavy atom. The lowest BCUT2D eigenvalue weighted by Gasteiger charge is -2.58. The van der Waals surface area contributed by atoms with Crippen molar-refractivity contribution in [1.29, 1.82) is 0 Å². The highest BCUT2D eigenvalue weighted by atomic mass is 16.5. The summed E-state index contributed by atoms with van der Waals surface area (Å²) in [5, 5.41) is 0. The van der Waals surface area contributed by atoms with Crippen LogP contribution in [0.25, 0.3) is 0 Å². The van der Waals surface area contributed by atoms with Crippen LogP contribution in [-0.2, 0) is 23.9 Å². The highest BCUT2D eigenvalue weighted by Gasteiger charge is 2.62. The number of ether oxygens (including phenoxy) is 2. The van der Waals surface area contributed by atoms with E-state index >= 15 is 0 Å². The molecule has 0 spiro atoms. The molecule has 4 aliphatic carbocycles. The van der Waals surface area contributed by atoms with Crippen LogP contribution in [-0.4, -0.2) is 30.4 Å². The van der Waals surface area contributed by atoms with Crippen molar-refractivity contribution in [3.05, 3.63) is 11.6 Å². The van der Waals surface area contributed by atoms with Crippen molar-refractivity contribution in [2.45, 2.75) is 84.8 Å². The molecule has 0 saturated heterocycles. The molecule has 0 aliphatic heterocycles. The number of hydrogen-bond acceptors (Lipinski definition) is 5. The fourth-order valence-corrected chi connectivity index (χ4v) is 7.61. The number of rotatable bonds is 3. The van der Waals surface area contributed by atoms with Crippen molar-refractivity contribution in [1.82, 2.24) is 0 Å². The molecular formula is C24H34O5. The first-order chi connectivity index (χ1) is 13.7. The van der Waals surface area contributed by atoms with Gasteiger partial charge in [0.1, 0.15) is 18.5 Å². The number of aldehydes is 1. The molecule has 0 aromatic carbocycles. The summed E-state index contributed by atoms with van der Waals surface area (Å²) in [7, 11) is 0. The van der Waals surface area contributed by atoms with Crippen LogP contribution in [0, 0.1) is 34.5 Å². The van der Waals surface area contributed by atoms with Gasteiger partial charge < -0.3 is 14.3 Å². The summed E-state index contributed by atoms with van der Waals surface area (Å²) in [6, 6.07) is 0. The fourth-order valence-electron chi connectivity index (χ4n) is 7.61. The van der Waals surface area contributed by atoms with Crippen molar-refractivity contribution in [3.8, 4) is 0 Å². The first-order valence-corrected chi connectivity index (χ1v) is 11.2. The van der Waals surface area contributed by atoms with Gasteiger partial charge in [-0.05, 0) is 61.7 Å². The second-order valence-corrected chi connectivity index (χ2v) is 10.3. The van der Waals surface area contributed by atoms with Crippen LogP contribution >= 0.6 is 0 Å². The summed E-state index contributed by atoms with van der Waals surface area (Å²) in [6.45, 7) is 7.58. The van der Waals surface area contributed by atoms with Crippen molar-refractivity contribution in [3.63, 3.8) is 0 Å². The van der Waals surface area contributed by atoms with E-state index in [0.29, 0.717) is 18.3 Å². The minimum atomic E-state index is -0.245. The Kier molecular flexibility index (Phi) is 5.15. The highest BCUT2D eigenvalue weighted by molar-refractivity contribution is 5.67. The molecule has 29 heavy (non-hydrogen) atoms. The Morgan fingerprint density at radius 2 is 1.83 bits per heavy atom. The summed E-state index contributed by atoms with van der Waals surface area (Å²) >= 11 is 0. The summed E-state index contributed by atoms with van der Waals surface area (Å²) in [5.74, 6) is 0.778. The molecular weight excluding hydrogens is 368 g/mol. The molecule has 160 valence electrons. The average molecular weight is 403 g/mol. The Balaban J connectivity index is 1.62. The SMILES string of the molecule is CC(=O)OC1CC[C@@]2(C)C(=CC[C@@H]3[C@H]2CC[C@]2(C)C(OC(C)=O)CC(C=O)[C@@H]32)C1. The van der Waals surface area contributed by atoms with Crippen LogP contribution in [0.5, 0.6) is 0 Å². The third-order valence-corrected chi connectivity index (χ3v) is 8.85. The van der Waals surface area contributed by atoms with Gasteiger partial charge in [-0.1, -0.05) is 25.5 Å². The number of allylic oxidation sites excluding steroid dienone is 1. The molecule has 5 heteroatoms. The predicted octanol–water partition coefficient (Wildman–Crippen LogP) is 4.24. The minimum Gasteiger partial charge on any atom is -0.462 e. The largest absolute Gasteiger partial charge is 0.462 e. The third-order valence-electron chi connectivity index (χ3n) is 8.85. The number of hydrogen-bond donors (Lipinski definition) is 0. The topological polar surface area (TPSA) is 69.7 Å². The molecule has 4 rings (SSSR count). The van der Waals surface area contributed by atoms with Crippen molar-refractivity contribution in [2.24, 2.45) is 34.5 Å². The van der Waals surface area contributed by atoms with Crippen molar-refractivity contribution < 1.29 is 23.9 Å². The van der Waals surface area contributed by atoms with Gasteiger partial charge >= 0.3 is 11.9 Å². The van der Waals surface area contributed by atoms with E-state index in [1.54, 1.807) is 0 Å². The maximum atomic E-state index is 12.0. The van der Waals surface area contributed by atoms with Gasteiger partial charge in [-0.3, -0.25) is 9.59 Å². The molecule has 8 atom stereocenters. The molecule has 0 aromatic heterocycles. The Hall–Kier alpha value is -1.65. The zero-order chi connectivity index (χ0) is 21.0. The molecule has 0 heterocycles. The first-order valence-electron chi connectivity index (χ1n) is 11.2. The second kappa shape index (κ2) is 7.24. The van der Waals surface area contributed by atoms with E-state index in [4.69, 9.17) is 9.47 Å². The van der Waals surface area contributed by atoms with Gasteiger partial charge in [0.2, 0.25) is 0 Å². The molecule has 3 fully saturated rings. The lowest BCUT2D eigenvalue weighted by atomic mass is 9.47. The van der Waals surface area contributed by atoms with Gasteiger partial charge in [-0.25, -0.2) is 0 Å². The molecule has 4 aliphatic rings. The normalized spacial score (nSPS) is 45.9. The number of esters is 2. The van der Waals surface area contributed by atoms with Crippen molar-refractivity contribution in [2.75, 3.05) is 0 Å². The van der Waals surface area contributed by atoms with Crippen LogP contribution < -0.4 is 0 Å². The first kappa shape index (κ1) is 20.6.